The van der Waals surface area contributed by atoms with Crippen LogP contribution in [0.5, 0.6) is 0 Å². The van der Waals surface area contributed by atoms with E-state index in [0.29, 0.717) is 42.5 Å². The molecule has 2 aromatic rings. The standard InChI is InChI=1S/C22H25ClN2O4S/c1-3-29-22(26)18-5-4-14-25(15-18)21(17-8-10-19(23)11-9-17)24-30(27,28)20-12-6-16(2)7-13-20/h6-13,18H,3-5,14-15H2,1-2H3/b24-21+. The Balaban J connectivity index is 2.00. The van der Waals surface area contributed by atoms with Crippen molar-refractivity contribution in [2.24, 2.45) is 10.3 Å². The summed E-state index contributed by atoms with van der Waals surface area (Å²) in [5, 5.41) is 0.544. The van der Waals surface area contributed by atoms with Gasteiger partial charge in [0.1, 0.15) is 5.84 Å². The number of piperidine rings is 1. The first-order chi connectivity index (χ1) is 14.3. The van der Waals surface area contributed by atoms with Gasteiger partial charge in [-0.15, -0.1) is 4.40 Å². The number of ether oxygens (including phenoxy) is 1. The summed E-state index contributed by atoms with van der Waals surface area (Å²) >= 11 is 6.01. The van der Waals surface area contributed by atoms with E-state index in [2.05, 4.69) is 4.40 Å². The molecule has 2 aromatic carbocycles. The molecule has 30 heavy (non-hydrogen) atoms. The summed E-state index contributed by atoms with van der Waals surface area (Å²) < 4.78 is 35.4. The zero-order valence-corrected chi connectivity index (χ0v) is 18.6. The summed E-state index contributed by atoms with van der Waals surface area (Å²) in [4.78, 5) is 14.2. The van der Waals surface area contributed by atoms with E-state index in [-0.39, 0.29) is 16.8 Å². The molecule has 160 valence electrons. The maximum atomic E-state index is 13.0. The SMILES string of the molecule is CCOC(=O)C1CCCN(/C(=N/S(=O)(=O)c2ccc(C)cc2)c2ccc(Cl)cc2)C1. The van der Waals surface area contributed by atoms with Gasteiger partial charge in [-0.2, -0.15) is 8.42 Å². The van der Waals surface area contributed by atoms with E-state index in [1.54, 1.807) is 55.5 Å². The number of amidine groups is 1. The molecule has 0 aromatic heterocycles. The Morgan fingerprint density at radius 1 is 1.17 bits per heavy atom. The molecule has 0 aliphatic carbocycles. The van der Waals surface area contributed by atoms with Crippen molar-refractivity contribution in [1.82, 2.24) is 4.90 Å². The lowest BCUT2D eigenvalue weighted by molar-refractivity contribution is -0.149. The minimum atomic E-state index is -3.93. The van der Waals surface area contributed by atoms with E-state index in [1.165, 1.54) is 0 Å². The van der Waals surface area contributed by atoms with Gasteiger partial charge in [0.05, 0.1) is 17.4 Å². The minimum Gasteiger partial charge on any atom is -0.466 e. The van der Waals surface area contributed by atoms with E-state index in [1.807, 2.05) is 11.8 Å². The van der Waals surface area contributed by atoms with E-state index < -0.39 is 10.0 Å². The zero-order chi connectivity index (χ0) is 21.7. The predicted molar refractivity (Wildman–Crippen MR) is 117 cm³/mol. The molecule has 0 spiro atoms. The number of hydrogen-bond donors (Lipinski definition) is 0. The van der Waals surface area contributed by atoms with Gasteiger partial charge in [-0.05, 0) is 63.1 Å². The monoisotopic (exact) mass is 448 g/mol. The highest BCUT2D eigenvalue weighted by molar-refractivity contribution is 7.90. The molecule has 1 saturated heterocycles. The number of sulfonamides is 1. The molecular formula is C22H25ClN2O4S. The van der Waals surface area contributed by atoms with E-state index in [9.17, 15) is 13.2 Å². The number of aryl methyl sites for hydroxylation is 1. The Bertz CT molecular complexity index is 1020. The number of rotatable bonds is 5. The van der Waals surface area contributed by atoms with Gasteiger partial charge in [0.15, 0.2) is 0 Å². The van der Waals surface area contributed by atoms with E-state index in [4.69, 9.17) is 16.3 Å². The van der Waals surface area contributed by atoms with Crippen molar-refractivity contribution in [2.45, 2.75) is 31.6 Å². The van der Waals surface area contributed by atoms with Crippen LogP contribution in [0.15, 0.2) is 57.8 Å². The Labute approximate surface area is 182 Å². The maximum Gasteiger partial charge on any atom is 0.310 e. The zero-order valence-electron chi connectivity index (χ0n) is 17.0. The molecule has 0 N–H and O–H groups in total. The number of carbonyl (C=O) groups excluding carboxylic acids is 1. The van der Waals surface area contributed by atoms with Crippen LogP contribution in [0.4, 0.5) is 0 Å². The van der Waals surface area contributed by atoms with Gasteiger partial charge in [0, 0.05) is 23.7 Å². The van der Waals surface area contributed by atoms with Gasteiger partial charge < -0.3 is 9.64 Å². The van der Waals surface area contributed by atoms with Gasteiger partial charge in [-0.1, -0.05) is 29.3 Å². The van der Waals surface area contributed by atoms with Crippen LogP contribution in [-0.4, -0.2) is 44.8 Å². The highest BCUT2D eigenvalue weighted by atomic mass is 35.5. The van der Waals surface area contributed by atoms with Crippen LogP contribution in [0.3, 0.4) is 0 Å². The summed E-state index contributed by atoms with van der Waals surface area (Å²) in [6, 6.07) is 13.4. The normalized spacial score (nSPS) is 17.6. The molecule has 1 aliphatic rings. The van der Waals surface area contributed by atoms with Gasteiger partial charge in [0.25, 0.3) is 10.0 Å². The Hall–Kier alpha value is -2.38. The fourth-order valence-corrected chi connectivity index (χ4v) is 4.55. The average molecular weight is 449 g/mol. The second-order valence-corrected chi connectivity index (χ2v) is 9.29. The molecule has 1 fully saturated rings. The summed E-state index contributed by atoms with van der Waals surface area (Å²) in [6.07, 6.45) is 1.44. The third-order valence-electron chi connectivity index (χ3n) is 4.97. The molecule has 0 bridgehead atoms. The van der Waals surface area contributed by atoms with Crippen molar-refractivity contribution in [3.63, 3.8) is 0 Å². The number of carbonyl (C=O) groups is 1. The van der Waals surface area contributed by atoms with Gasteiger partial charge in [-0.3, -0.25) is 4.79 Å². The second-order valence-electron chi connectivity index (χ2n) is 7.25. The Kier molecular flexibility index (Phi) is 7.15. The lowest BCUT2D eigenvalue weighted by Gasteiger charge is -2.33. The quantitative estimate of drug-likeness (QED) is 0.391. The second kappa shape index (κ2) is 9.62. The molecule has 1 heterocycles. The van der Waals surface area contributed by atoms with Crippen LogP contribution in [0.1, 0.15) is 30.9 Å². The number of likely N-dealkylation sites (tertiary alicyclic amines) is 1. The lowest BCUT2D eigenvalue weighted by Crippen LogP contribution is -2.43. The molecule has 6 nitrogen and oxygen atoms in total. The minimum absolute atomic E-state index is 0.124. The molecule has 1 unspecified atom stereocenters. The molecule has 8 heteroatoms. The Morgan fingerprint density at radius 2 is 1.83 bits per heavy atom. The van der Waals surface area contributed by atoms with Gasteiger partial charge in [-0.25, -0.2) is 0 Å². The summed E-state index contributed by atoms with van der Waals surface area (Å²) in [5.41, 5.74) is 1.59. The van der Waals surface area contributed by atoms with Gasteiger partial charge >= 0.3 is 5.97 Å². The molecule has 0 radical (unpaired) electrons. The summed E-state index contributed by atoms with van der Waals surface area (Å²) in [6.45, 7) is 4.93. The van der Waals surface area contributed by atoms with Crippen molar-refractivity contribution < 1.29 is 17.9 Å². The fourth-order valence-electron chi connectivity index (χ4n) is 3.39. The first-order valence-corrected chi connectivity index (χ1v) is 11.7. The molecular weight excluding hydrogens is 424 g/mol. The smallest absolute Gasteiger partial charge is 0.310 e. The predicted octanol–water partition coefficient (Wildman–Crippen LogP) is 4.06. The van der Waals surface area contributed by atoms with Crippen molar-refractivity contribution in [3.05, 3.63) is 64.7 Å². The number of esters is 1. The van der Waals surface area contributed by atoms with Crippen LogP contribution in [-0.2, 0) is 19.6 Å². The summed E-state index contributed by atoms with van der Waals surface area (Å²) in [7, 11) is -3.93. The van der Waals surface area contributed by atoms with Crippen molar-refractivity contribution in [3.8, 4) is 0 Å². The number of hydrogen-bond acceptors (Lipinski definition) is 4. The third kappa shape index (κ3) is 5.40. The average Bonchev–Trinajstić information content (AvgIpc) is 2.73. The highest BCUT2D eigenvalue weighted by Gasteiger charge is 2.30. The van der Waals surface area contributed by atoms with Crippen LogP contribution < -0.4 is 0 Å². The van der Waals surface area contributed by atoms with Crippen molar-refractivity contribution in [2.75, 3.05) is 19.7 Å². The van der Waals surface area contributed by atoms with E-state index >= 15 is 0 Å². The number of halogens is 1. The van der Waals surface area contributed by atoms with Crippen LogP contribution in [0, 0.1) is 12.8 Å². The first kappa shape index (κ1) is 22.3. The first-order valence-electron chi connectivity index (χ1n) is 9.89. The van der Waals surface area contributed by atoms with Crippen molar-refractivity contribution >= 4 is 33.4 Å². The molecule has 0 saturated carbocycles. The maximum absolute atomic E-state index is 13.0. The van der Waals surface area contributed by atoms with Crippen molar-refractivity contribution in [1.29, 1.82) is 0 Å². The third-order valence-corrected chi connectivity index (χ3v) is 6.50. The van der Waals surface area contributed by atoms with Crippen LogP contribution >= 0.6 is 11.6 Å². The van der Waals surface area contributed by atoms with E-state index in [0.717, 1.165) is 12.0 Å². The Morgan fingerprint density at radius 3 is 2.47 bits per heavy atom. The summed E-state index contributed by atoms with van der Waals surface area (Å²) in [5.74, 6) is -0.279. The largest absolute Gasteiger partial charge is 0.466 e. The van der Waals surface area contributed by atoms with Gasteiger partial charge in [0.2, 0.25) is 0 Å². The number of benzene rings is 2. The number of nitrogens with zero attached hydrogens (tertiary/aromatic N) is 2. The highest BCUT2D eigenvalue weighted by Crippen LogP contribution is 2.23. The topological polar surface area (TPSA) is 76.0 Å². The molecule has 1 atom stereocenters. The lowest BCUT2D eigenvalue weighted by atomic mass is 9.97. The fraction of sp³-hybridized carbons (Fsp3) is 0.364. The molecule has 0 amide bonds. The van der Waals surface area contributed by atoms with Crippen LogP contribution in [0.25, 0.3) is 0 Å². The van der Waals surface area contributed by atoms with Crippen LogP contribution in [0.2, 0.25) is 5.02 Å². The molecule has 3 rings (SSSR count). The molecule has 1 aliphatic heterocycles.